The summed E-state index contributed by atoms with van der Waals surface area (Å²) in [5, 5.41) is 6.28. The summed E-state index contributed by atoms with van der Waals surface area (Å²) in [4.78, 5) is 1.31. The standard InChI is InChI=1S/C12H11BrClNS/c13-10-5-6-16-12(10)8-15-7-9-3-1-2-4-11(9)14/h1-6,15H,7-8H2. The molecular weight excluding hydrogens is 306 g/mol. The van der Waals surface area contributed by atoms with E-state index in [0.29, 0.717) is 0 Å². The second-order valence-corrected chi connectivity index (χ2v) is 5.65. The lowest BCUT2D eigenvalue weighted by molar-refractivity contribution is 0.699. The third-order valence-corrected chi connectivity index (χ3v) is 4.54. The molecule has 2 aromatic rings. The molecule has 0 spiro atoms. The molecule has 0 unspecified atom stereocenters. The minimum absolute atomic E-state index is 0.796. The molecular formula is C12H11BrClNS. The zero-order chi connectivity index (χ0) is 11.4. The van der Waals surface area contributed by atoms with Crippen LogP contribution in [0.2, 0.25) is 5.02 Å². The number of hydrogen-bond donors (Lipinski definition) is 1. The minimum atomic E-state index is 0.796. The van der Waals surface area contributed by atoms with E-state index in [1.807, 2.05) is 24.3 Å². The van der Waals surface area contributed by atoms with Crippen LogP contribution in [0.1, 0.15) is 10.4 Å². The predicted molar refractivity (Wildman–Crippen MR) is 74.0 cm³/mol. The van der Waals surface area contributed by atoms with Crippen molar-refractivity contribution >= 4 is 38.9 Å². The molecule has 0 saturated carbocycles. The highest BCUT2D eigenvalue weighted by Crippen LogP contribution is 2.22. The summed E-state index contributed by atoms with van der Waals surface area (Å²) in [5.41, 5.74) is 1.14. The van der Waals surface area contributed by atoms with Crippen LogP contribution in [0.4, 0.5) is 0 Å². The average molecular weight is 317 g/mol. The van der Waals surface area contributed by atoms with Gasteiger partial charge >= 0.3 is 0 Å². The van der Waals surface area contributed by atoms with E-state index in [0.717, 1.165) is 23.7 Å². The van der Waals surface area contributed by atoms with Crippen molar-refractivity contribution in [2.45, 2.75) is 13.1 Å². The van der Waals surface area contributed by atoms with Gasteiger partial charge in [0.05, 0.1) is 0 Å². The Kier molecular flexibility index (Phi) is 4.41. The summed E-state index contributed by atoms with van der Waals surface area (Å²) in [7, 11) is 0. The molecule has 16 heavy (non-hydrogen) atoms. The molecule has 1 nitrogen and oxygen atoms in total. The van der Waals surface area contributed by atoms with Gasteiger partial charge in [-0.3, -0.25) is 0 Å². The van der Waals surface area contributed by atoms with Crippen LogP contribution in [-0.4, -0.2) is 0 Å². The molecule has 1 N–H and O–H groups in total. The van der Waals surface area contributed by atoms with E-state index >= 15 is 0 Å². The van der Waals surface area contributed by atoms with Crippen LogP contribution in [0.15, 0.2) is 40.2 Å². The third kappa shape index (κ3) is 3.08. The summed E-state index contributed by atoms with van der Waals surface area (Å²) in [6, 6.07) is 9.97. The van der Waals surface area contributed by atoms with Gasteiger partial charge in [-0.2, -0.15) is 0 Å². The first-order valence-electron chi connectivity index (χ1n) is 4.93. The van der Waals surface area contributed by atoms with Crippen molar-refractivity contribution in [1.82, 2.24) is 5.32 Å². The average Bonchev–Trinajstić information content (AvgIpc) is 2.67. The van der Waals surface area contributed by atoms with E-state index in [1.165, 1.54) is 9.35 Å². The number of nitrogens with one attached hydrogen (secondary N) is 1. The molecule has 1 aromatic heterocycles. The highest BCUT2D eigenvalue weighted by Gasteiger charge is 2.02. The summed E-state index contributed by atoms with van der Waals surface area (Å²) in [6.45, 7) is 1.66. The van der Waals surface area contributed by atoms with Gasteiger partial charge in [-0.1, -0.05) is 29.8 Å². The molecule has 0 fully saturated rings. The Bertz CT molecular complexity index is 470. The molecule has 0 aliphatic carbocycles. The van der Waals surface area contributed by atoms with E-state index in [4.69, 9.17) is 11.6 Å². The van der Waals surface area contributed by atoms with Gasteiger partial charge in [0, 0.05) is 27.5 Å². The van der Waals surface area contributed by atoms with E-state index in [1.54, 1.807) is 11.3 Å². The van der Waals surface area contributed by atoms with Gasteiger partial charge in [0.2, 0.25) is 0 Å². The maximum absolute atomic E-state index is 6.07. The van der Waals surface area contributed by atoms with Gasteiger partial charge in [-0.05, 0) is 39.0 Å². The molecule has 1 heterocycles. The number of hydrogen-bond acceptors (Lipinski definition) is 2. The van der Waals surface area contributed by atoms with Crippen molar-refractivity contribution < 1.29 is 0 Å². The first-order valence-corrected chi connectivity index (χ1v) is 6.98. The van der Waals surface area contributed by atoms with Crippen LogP contribution in [0, 0.1) is 0 Å². The van der Waals surface area contributed by atoms with Crippen LogP contribution >= 0.6 is 38.9 Å². The number of thiophene rings is 1. The van der Waals surface area contributed by atoms with Crippen molar-refractivity contribution in [1.29, 1.82) is 0 Å². The summed E-state index contributed by atoms with van der Waals surface area (Å²) < 4.78 is 1.17. The number of rotatable bonds is 4. The van der Waals surface area contributed by atoms with Gasteiger partial charge < -0.3 is 5.32 Å². The summed E-state index contributed by atoms with van der Waals surface area (Å²) >= 11 is 11.3. The van der Waals surface area contributed by atoms with E-state index in [-0.39, 0.29) is 0 Å². The van der Waals surface area contributed by atoms with Crippen LogP contribution in [-0.2, 0) is 13.1 Å². The van der Waals surface area contributed by atoms with Crippen molar-refractivity contribution in [2.75, 3.05) is 0 Å². The zero-order valence-electron chi connectivity index (χ0n) is 8.54. The Morgan fingerprint density at radius 2 is 2.00 bits per heavy atom. The molecule has 0 atom stereocenters. The lowest BCUT2D eigenvalue weighted by Gasteiger charge is -2.05. The Morgan fingerprint density at radius 3 is 2.69 bits per heavy atom. The summed E-state index contributed by atoms with van der Waals surface area (Å²) in [5.74, 6) is 0. The van der Waals surface area contributed by atoms with Gasteiger partial charge in [-0.15, -0.1) is 11.3 Å². The fraction of sp³-hybridized carbons (Fsp3) is 0.167. The molecule has 1 aromatic carbocycles. The van der Waals surface area contributed by atoms with Crippen molar-refractivity contribution in [3.63, 3.8) is 0 Å². The van der Waals surface area contributed by atoms with Gasteiger partial charge in [0.15, 0.2) is 0 Å². The lowest BCUT2D eigenvalue weighted by Crippen LogP contribution is -2.12. The molecule has 0 radical (unpaired) electrons. The normalized spacial score (nSPS) is 10.6. The van der Waals surface area contributed by atoms with Crippen LogP contribution in [0.3, 0.4) is 0 Å². The van der Waals surface area contributed by atoms with Gasteiger partial charge in [0.25, 0.3) is 0 Å². The first kappa shape index (κ1) is 12.1. The SMILES string of the molecule is Clc1ccccc1CNCc1sccc1Br. The predicted octanol–water partition coefficient (Wildman–Crippen LogP) is 4.45. The second-order valence-electron chi connectivity index (χ2n) is 3.39. The van der Waals surface area contributed by atoms with Crippen LogP contribution in [0.5, 0.6) is 0 Å². The lowest BCUT2D eigenvalue weighted by atomic mass is 10.2. The molecule has 0 amide bonds. The third-order valence-electron chi connectivity index (χ3n) is 2.25. The largest absolute Gasteiger partial charge is 0.308 e. The monoisotopic (exact) mass is 315 g/mol. The Morgan fingerprint density at radius 1 is 1.19 bits per heavy atom. The highest BCUT2D eigenvalue weighted by molar-refractivity contribution is 9.10. The minimum Gasteiger partial charge on any atom is -0.308 e. The Hall–Kier alpha value is -0.350. The van der Waals surface area contributed by atoms with E-state index in [9.17, 15) is 0 Å². The Balaban J connectivity index is 1.89. The first-order chi connectivity index (χ1) is 7.77. The molecule has 84 valence electrons. The fourth-order valence-corrected chi connectivity index (χ4v) is 3.07. The van der Waals surface area contributed by atoms with E-state index in [2.05, 4.69) is 32.7 Å². The maximum Gasteiger partial charge on any atom is 0.0450 e. The van der Waals surface area contributed by atoms with E-state index < -0.39 is 0 Å². The number of halogens is 2. The van der Waals surface area contributed by atoms with Crippen molar-refractivity contribution in [3.8, 4) is 0 Å². The second kappa shape index (κ2) is 5.82. The Labute approximate surface area is 113 Å². The topological polar surface area (TPSA) is 12.0 Å². The highest BCUT2D eigenvalue weighted by atomic mass is 79.9. The molecule has 2 rings (SSSR count). The van der Waals surface area contributed by atoms with Gasteiger partial charge in [0.1, 0.15) is 0 Å². The fourth-order valence-electron chi connectivity index (χ4n) is 1.40. The zero-order valence-corrected chi connectivity index (χ0v) is 11.7. The quantitative estimate of drug-likeness (QED) is 0.878. The smallest absolute Gasteiger partial charge is 0.0450 e. The van der Waals surface area contributed by atoms with Crippen LogP contribution in [0.25, 0.3) is 0 Å². The number of benzene rings is 1. The van der Waals surface area contributed by atoms with Gasteiger partial charge in [-0.25, -0.2) is 0 Å². The van der Waals surface area contributed by atoms with Crippen molar-refractivity contribution in [3.05, 3.63) is 55.6 Å². The molecule has 0 bridgehead atoms. The van der Waals surface area contributed by atoms with Crippen LogP contribution < -0.4 is 5.32 Å². The maximum atomic E-state index is 6.07. The van der Waals surface area contributed by atoms with Crippen molar-refractivity contribution in [2.24, 2.45) is 0 Å². The molecule has 0 aliphatic rings. The molecule has 0 saturated heterocycles. The molecule has 4 heteroatoms. The summed E-state index contributed by atoms with van der Waals surface area (Å²) in [6.07, 6.45) is 0. The molecule has 0 aliphatic heterocycles.